The molecule has 0 saturated carbocycles. The number of carbonyl (C=O) groups is 1. The maximum absolute atomic E-state index is 12.9. The van der Waals surface area contributed by atoms with Crippen LogP contribution in [0, 0.1) is 0 Å². The number of carbonyl (C=O) groups excluding carboxylic acids is 1. The second-order valence-corrected chi connectivity index (χ2v) is 9.99. The summed E-state index contributed by atoms with van der Waals surface area (Å²) in [7, 11) is 1.56. The van der Waals surface area contributed by atoms with Crippen molar-refractivity contribution in [2.75, 3.05) is 7.05 Å². The SMILES string of the molecule is CCCCc1nc(Cl)c(COC(=O)C(CCC)NC(N)=NC)n1Cc1ccc(-c2ccccc2-c2nn[nH]n2)cc1. The second-order valence-electron chi connectivity index (χ2n) is 9.64. The number of ether oxygens (including phenoxy) is 1. The zero-order valence-electron chi connectivity index (χ0n) is 23.6. The van der Waals surface area contributed by atoms with Crippen LogP contribution in [0.1, 0.15) is 56.6 Å². The number of aryl methyl sites for hydroxylation is 1. The number of aromatic amines is 1. The fourth-order valence-corrected chi connectivity index (χ4v) is 4.81. The first-order valence-electron chi connectivity index (χ1n) is 13.8. The van der Waals surface area contributed by atoms with E-state index in [-0.39, 0.29) is 12.6 Å². The lowest BCUT2D eigenvalue weighted by atomic mass is 9.98. The maximum atomic E-state index is 12.9. The summed E-state index contributed by atoms with van der Waals surface area (Å²) in [5.74, 6) is 1.18. The number of esters is 1. The van der Waals surface area contributed by atoms with Crippen LogP contribution in [0.5, 0.6) is 0 Å². The first-order chi connectivity index (χ1) is 19.9. The van der Waals surface area contributed by atoms with E-state index < -0.39 is 12.0 Å². The molecule has 0 aliphatic heterocycles. The molecular formula is C29H36ClN9O2. The topological polar surface area (TPSA) is 149 Å². The summed E-state index contributed by atoms with van der Waals surface area (Å²) in [6.45, 7) is 4.65. The van der Waals surface area contributed by atoms with Crippen LogP contribution in [0.4, 0.5) is 0 Å². The van der Waals surface area contributed by atoms with Gasteiger partial charge in [0.25, 0.3) is 0 Å². The third-order valence-electron chi connectivity index (χ3n) is 6.75. The molecule has 0 bridgehead atoms. The molecule has 2 aromatic carbocycles. The van der Waals surface area contributed by atoms with Crippen LogP contribution in [0.25, 0.3) is 22.5 Å². The Bertz CT molecular complexity index is 1450. The highest BCUT2D eigenvalue weighted by atomic mass is 35.5. The quantitative estimate of drug-likeness (QED) is 0.119. The van der Waals surface area contributed by atoms with Gasteiger partial charge in [0.1, 0.15) is 18.5 Å². The molecule has 4 aromatic rings. The predicted octanol–water partition coefficient (Wildman–Crippen LogP) is 4.52. The number of benzene rings is 2. The van der Waals surface area contributed by atoms with Gasteiger partial charge < -0.3 is 20.4 Å². The molecule has 1 atom stereocenters. The molecule has 4 rings (SSSR count). The van der Waals surface area contributed by atoms with Gasteiger partial charge in [-0.25, -0.2) is 9.78 Å². The van der Waals surface area contributed by atoms with E-state index in [9.17, 15) is 4.79 Å². The summed E-state index contributed by atoms with van der Waals surface area (Å²) in [4.78, 5) is 21.4. The molecule has 11 nitrogen and oxygen atoms in total. The minimum Gasteiger partial charge on any atom is -0.458 e. The Morgan fingerprint density at radius 1 is 1.15 bits per heavy atom. The van der Waals surface area contributed by atoms with Gasteiger partial charge in [0.2, 0.25) is 5.82 Å². The zero-order valence-corrected chi connectivity index (χ0v) is 24.4. The van der Waals surface area contributed by atoms with Gasteiger partial charge in [-0.1, -0.05) is 86.8 Å². The van der Waals surface area contributed by atoms with Gasteiger partial charge in [-0.05, 0) is 34.7 Å². The number of hydrogen-bond acceptors (Lipinski definition) is 7. The first kappa shape index (κ1) is 29.7. The van der Waals surface area contributed by atoms with Crippen molar-refractivity contribution in [3.05, 3.63) is 70.8 Å². The number of tetrazole rings is 1. The second kappa shape index (κ2) is 14.4. The van der Waals surface area contributed by atoms with Gasteiger partial charge in [-0.15, -0.1) is 10.2 Å². The molecule has 0 amide bonds. The van der Waals surface area contributed by atoms with E-state index in [2.05, 4.69) is 71.7 Å². The maximum Gasteiger partial charge on any atom is 0.329 e. The Kier molecular flexibility index (Phi) is 10.4. The number of H-pyrrole nitrogens is 1. The van der Waals surface area contributed by atoms with Gasteiger partial charge in [-0.2, -0.15) is 5.21 Å². The minimum atomic E-state index is -0.596. The number of nitrogens with zero attached hydrogens (tertiary/aromatic N) is 6. The zero-order chi connectivity index (χ0) is 29.2. The standard InChI is InChI=1S/C29H36ClN9O2/c1-4-6-12-25-34-26(30)24(18-41-28(40)23(9-5-2)33-29(31)32-3)39(25)17-19-13-15-20(16-14-19)21-10-7-8-11-22(21)27-35-37-38-36-27/h7-8,10-11,13-16,23H,4-6,9,12,17-18H2,1-3H3,(H3,31,32,33)(H,35,36,37,38). The van der Waals surface area contributed by atoms with E-state index in [1.807, 2.05) is 31.2 Å². The summed E-state index contributed by atoms with van der Waals surface area (Å²) in [6.07, 6.45) is 4.10. The Morgan fingerprint density at radius 2 is 1.90 bits per heavy atom. The Hall–Kier alpha value is -4.25. The van der Waals surface area contributed by atoms with Crippen molar-refractivity contribution in [3.63, 3.8) is 0 Å². The number of aromatic nitrogens is 6. The molecule has 0 aliphatic carbocycles. The highest BCUT2D eigenvalue weighted by Crippen LogP contribution is 2.30. The first-order valence-corrected chi connectivity index (χ1v) is 14.1. The van der Waals surface area contributed by atoms with Crippen LogP contribution >= 0.6 is 11.6 Å². The lowest BCUT2D eigenvalue weighted by Gasteiger charge is -2.18. The Balaban J connectivity index is 1.56. The fraction of sp³-hybridized carbons (Fsp3) is 0.379. The lowest BCUT2D eigenvalue weighted by Crippen LogP contribution is -2.45. The van der Waals surface area contributed by atoms with Gasteiger partial charge in [0.15, 0.2) is 11.1 Å². The van der Waals surface area contributed by atoms with Crippen LogP contribution < -0.4 is 11.1 Å². The lowest BCUT2D eigenvalue weighted by molar-refractivity contribution is -0.147. The molecule has 0 spiro atoms. The number of halogens is 1. The third-order valence-corrected chi connectivity index (χ3v) is 7.05. The average molecular weight is 578 g/mol. The minimum absolute atomic E-state index is 0.00197. The molecule has 0 aliphatic rings. The average Bonchev–Trinajstić information content (AvgIpc) is 3.63. The van der Waals surface area contributed by atoms with Crippen molar-refractivity contribution in [3.8, 4) is 22.5 Å². The van der Waals surface area contributed by atoms with Gasteiger partial charge >= 0.3 is 5.97 Å². The third kappa shape index (κ3) is 7.49. The molecule has 0 radical (unpaired) electrons. The van der Waals surface area contributed by atoms with Crippen LogP contribution in [0.2, 0.25) is 5.15 Å². The number of aliphatic imine (C=N–C) groups is 1. The molecular weight excluding hydrogens is 542 g/mol. The molecule has 12 heteroatoms. The smallest absolute Gasteiger partial charge is 0.329 e. The van der Waals surface area contributed by atoms with Crippen molar-refractivity contribution in [1.82, 2.24) is 35.5 Å². The monoisotopic (exact) mass is 577 g/mol. The van der Waals surface area contributed by atoms with Crippen molar-refractivity contribution in [2.45, 2.75) is 65.1 Å². The summed E-state index contributed by atoms with van der Waals surface area (Å²) in [6, 6.07) is 15.6. The van der Waals surface area contributed by atoms with E-state index >= 15 is 0 Å². The number of rotatable bonds is 13. The van der Waals surface area contributed by atoms with Gasteiger partial charge in [-0.3, -0.25) is 4.99 Å². The summed E-state index contributed by atoms with van der Waals surface area (Å²) >= 11 is 6.60. The number of guanidine groups is 1. The molecule has 216 valence electrons. The largest absolute Gasteiger partial charge is 0.458 e. The number of nitrogens with two attached hydrogens (primary N) is 1. The molecule has 0 saturated heterocycles. The van der Waals surface area contributed by atoms with E-state index in [0.29, 0.717) is 29.6 Å². The predicted molar refractivity (Wildman–Crippen MR) is 159 cm³/mol. The van der Waals surface area contributed by atoms with Crippen LogP contribution in [-0.2, 0) is 29.1 Å². The van der Waals surface area contributed by atoms with Crippen LogP contribution in [0.3, 0.4) is 0 Å². The fourth-order valence-electron chi connectivity index (χ4n) is 4.55. The van der Waals surface area contributed by atoms with Crippen molar-refractivity contribution in [1.29, 1.82) is 0 Å². The highest BCUT2D eigenvalue weighted by molar-refractivity contribution is 6.30. The van der Waals surface area contributed by atoms with Crippen molar-refractivity contribution in [2.24, 2.45) is 10.7 Å². The molecule has 2 heterocycles. The summed E-state index contributed by atoms with van der Waals surface area (Å²) in [5, 5.41) is 17.7. The number of unbranched alkanes of at least 4 members (excludes halogenated alkanes) is 1. The van der Waals surface area contributed by atoms with E-state index in [0.717, 1.165) is 53.8 Å². The molecule has 0 fully saturated rings. The summed E-state index contributed by atoms with van der Waals surface area (Å²) < 4.78 is 7.77. The number of hydrogen-bond donors (Lipinski definition) is 3. The Morgan fingerprint density at radius 3 is 2.56 bits per heavy atom. The normalized spacial score (nSPS) is 12.3. The van der Waals surface area contributed by atoms with E-state index in [1.165, 1.54) is 0 Å². The number of imidazole rings is 1. The van der Waals surface area contributed by atoms with Gasteiger partial charge in [0.05, 0.1) is 5.69 Å². The molecule has 41 heavy (non-hydrogen) atoms. The van der Waals surface area contributed by atoms with Crippen molar-refractivity contribution < 1.29 is 9.53 Å². The van der Waals surface area contributed by atoms with Crippen LogP contribution in [-0.4, -0.2) is 55.2 Å². The summed E-state index contributed by atoms with van der Waals surface area (Å²) in [5.41, 5.74) is 10.4. The van der Waals surface area contributed by atoms with Crippen LogP contribution in [0.15, 0.2) is 53.5 Å². The Labute approximate surface area is 244 Å². The molecule has 1 unspecified atom stereocenters. The van der Waals surface area contributed by atoms with Crippen molar-refractivity contribution >= 4 is 23.5 Å². The number of nitrogens with one attached hydrogen (secondary N) is 2. The van der Waals surface area contributed by atoms with E-state index in [4.69, 9.17) is 22.1 Å². The van der Waals surface area contributed by atoms with E-state index in [1.54, 1.807) is 7.05 Å². The molecule has 2 aromatic heterocycles. The highest BCUT2D eigenvalue weighted by Gasteiger charge is 2.23. The van der Waals surface area contributed by atoms with Gasteiger partial charge in [0, 0.05) is 25.6 Å². The molecule has 4 N–H and O–H groups in total.